The molecule has 0 saturated heterocycles. The zero-order valence-corrected chi connectivity index (χ0v) is 11.6. The molecule has 1 heterocycles. The molecule has 1 aromatic carbocycles. The van der Waals surface area contributed by atoms with Gasteiger partial charge in [0.15, 0.2) is 6.19 Å². The molecule has 0 atom stereocenters. The van der Waals surface area contributed by atoms with Crippen molar-refractivity contribution < 1.29 is 13.2 Å². The summed E-state index contributed by atoms with van der Waals surface area (Å²) in [6.07, 6.45) is 4.23. The lowest BCUT2D eigenvalue weighted by Gasteiger charge is -2.16. The highest BCUT2D eigenvalue weighted by Gasteiger charge is 2.16. The number of hydrogen-bond acceptors (Lipinski definition) is 3. The molecule has 104 valence electrons. The average molecular weight is 345 g/mol. The van der Waals surface area contributed by atoms with Crippen LogP contribution in [0.4, 0.5) is 18.9 Å². The fourth-order valence-corrected chi connectivity index (χ4v) is 1.99. The number of benzene rings is 1. The summed E-state index contributed by atoms with van der Waals surface area (Å²) < 4.78 is 39.4. The summed E-state index contributed by atoms with van der Waals surface area (Å²) in [5, 5.41) is 9.11. The smallest absolute Gasteiger partial charge is 0.276 e. The van der Waals surface area contributed by atoms with Crippen LogP contribution in [0.25, 0.3) is 0 Å². The van der Waals surface area contributed by atoms with Gasteiger partial charge in [-0.15, -0.1) is 0 Å². The molecule has 0 aliphatic rings. The van der Waals surface area contributed by atoms with Gasteiger partial charge in [-0.3, -0.25) is 9.47 Å². The molecule has 0 bridgehead atoms. The second-order valence-corrected chi connectivity index (χ2v) is 4.67. The van der Waals surface area contributed by atoms with E-state index in [1.807, 2.05) is 6.19 Å². The van der Waals surface area contributed by atoms with Crippen molar-refractivity contribution in [1.29, 1.82) is 5.26 Å². The second-order valence-electron chi connectivity index (χ2n) is 3.81. The number of nitriles is 1. The van der Waals surface area contributed by atoms with Crippen LogP contribution in [0.5, 0.6) is 0 Å². The summed E-state index contributed by atoms with van der Waals surface area (Å²) in [4.78, 5) is 4.94. The SMILES string of the molecule is N#CN(Cc1nccn1C(F)F)c1ccc(F)c(Br)c1. The molecule has 8 heteroatoms. The highest BCUT2D eigenvalue weighted by Crippen LogP contribution is 2.24. The van der Waals surface area contributed by atoms with Crippen LogP contribution in [0.3, 0.4) is 0 Å². The van der Waals surface area contributed by atoms with E-state index < -0.39 is 12.4 Å². The minimum absolute atomic E-state index is 0.0435. The number of alkyl halides is 2. The topological polar surface area (TPSA) is 44.9 Å². The first kappa shape index (κ1) is 14.4. The van der Waals surface area contributed by atoms with Crippen LogP contribution in [-0.4, -0.2) is 9.55 Å². The zero-order valence-electron chi connectivity index (χ0n) is 9.97. The molecule has 0 N–H and O–H groups in total. The van der Waals surface area contributed by atoms with Gasteiger partial charge in [0.05, 0.1) is 16.7 Å². The van der Waals surface area contributed by atoms with Gasteiger partial charge in [-0.1, -0.05) is 0 Å². The summed E-state index contributed by atoms with van der Waals surface area (Å²) >= 11 is 3.01. The van der Waals surface area contributed by atoms with Crippen molar-refractivity contribution in [3.63, 3.8) is 0 Å². The number of nitrogens with zero attached hydrogens (tertiary/aromatic N) is 4. The van der Waals surface area contributed by atoms with Crippen LogP contribution in [0.15, 0.2) is 35.1 Å². The third kappa shape index (κ3) is 2.93. The van der Waals surface area contributed by atoms with Crippen molar-refractivity contribution in [2.45, 2.75) is 13.1 Å². The van der Waals surface area contributed by atoms with E-state index in [-0.39, 0.29) is 16.8 Å². The Balaban J connectivity index is 2.27. The van der Waals surface area contributed by atoms with Crippen molar-refractivity contribution in [1.82, 2.24) is 9.55 Å². The Hall–Kier alpha value is -2.01. The largest absolute Gasteiger partial charge is 0.319 e. The van der Waals surface area contributed by atoms with Gasteiger partial charge in [0.1, 0.15) is 11.6 Å². The molecule has 0 radical (unpaired) electrons. The van der Waals surface area contributed by atoms with E-state index in [4.69, 9.17) is 5.26 Å². The van der Waals surface area contributed by atoms with Crippen LogP contribution < -0.4 is 4.90 Å². The summed E-state index contributed by atoms with van der Waals surface area (Å²) in [5.74, 6) is -0.428. The number of halogens is 4. The van der Waals surface area contributed by atoms with Gasteiger partial charge >= 0.3 is 6.55 Å². The van der Waals surface area contributed by atoms with Gasteiger partial charge in [0, 0.05) is 12.4 Å². The van der Waals surface area contributed by atoms with Crippen molar-refractivity contribution in [2.24, 2.45) is 0 Å². The highest BCUT2D eigenvalue weighted by atomic mass is 79.9. The van der Waals surface area contributed by atoms with Crippen LogP contribution in [-0.2, 0) is 6.54 Å². The predicted octanol–water partition coefficient (Wildman–Crippen LogP) is 3.67. The van der Waals surface area contributed by atoms with Crippen LogP contribution in [0.1, 0.15) is 12.4 Å². The predicted molar refractivity (Wildman–Crippen MR) is 69.4 cm³/mol. The molecule has 0 fully saturated rings. The van der Waals surface area contributed by atoms with Gasteiger partial charge in [0.25, 0.3) is 0 Å². The van der Waals surface area contributed by atoms with Gasteiger partial charge in [0.2, 0.25) is 0 Å². The Morgan fingerprint density at radius 2 is 2.20 bits per heavy atom. The van der Waals surface area contributed by atoms with Crippen molar-refractivity contribution >= 4 is 21.6 Å². The van der Waals surface area contributed by atoms with E-state index in [0.717, 1.165) is 11.1 Å². The van der Waals surface area contributed by atoms with Crippen LogP contribution in [0, 0.1) is 17.3 Å². The molecule has 2 rings (SSSR count). The molecule has 2 aromatic rings. The number of hydrogen-bond donors (Lipinski definition) is 0. The molecule has 0 unspecified atom stereocenters. The molecule has 0 amide bonds. The van der Waals surface area contributed by atoms with Crippen molar-refractivity contribution in [2.75, 3.05) is 4.90 Å². The number of anilines is 1. The molecular formula is C12H8BrF3N4. The Morgan fingerprint density at radius 3 is 2.80 bits per heavy atom. The maximum Gasteiger partial charge on any atom is 0.319 e. The standard InChI is InChI=1S/C12H8BrF3N4/c13-9-5-8(1-2-10(9)14)19(7-17)6-11-18-3-4-20(11)12(15)16/h1-5,12H,6H2. The van der Waals surface area contributed by atoms with E-state index >= 15 is 0 Å². The van der Waals surface area contributed by atoms with E-state index in [1.165, 1.54) is 24.4 Å². The number of rotatable bonds is 4. The maximum absolute atomic E-state index is 13.1. The fraction of sp³-hybridized carbons (Fsp3) is 0.167. The van der Waals surface area contributed by atoms with E-state index in [2.05, 4.69) is 20.9 Å². The van der Waals surface area contributed by atoms with E-state index in [0.29, 0.717) is 10.3 Å². The third-order valence-corrected chi connectivity index (χ3v) is 3.20. The summed E-state index contributed by atoms with van der Waals surface area (Å²) in [6.45, 7) is -2.86. The highest BCUT2D eigenvalue weighted by molar-refractivity contribution is 9.10. The molecule has 20 heavy (non-hydrogen) atoms. The fourth-order valence-electron chi connectivity index (χ4n) is 1.62. The Labute approximate surface area is 121 Å². The second kappa shape index (κ2) is 5.96. The lowest BCUT2D eigenvalue weighted by Crippen LogP contribution is -2.19. The quantitative estimate of drug-likeness (QED) is 0.627. The lowest BCUT2D eigenvalue weighted by molar-refractivity contribution is 0.0671. The first-order chi connectivity index (χ1) is 9.52. The normalized spacial score (nSPS) is 10.6. The Kier molecular flexibility index (Phi) is 4.29. The molecule has 4 nitrogen and oxygen atoms in total. The monoisotopic (exact) mass is 344 g/mol. The molecule has 1 aromatic heterocycles. The minimum atomic E-state index is -2.73. The molecule has 0 aliphatic carbocycles. The molecule has 0 spiro atoms. The molecule has 0 aliphatic heterocycles. The Bertz CT molecular complexity index is 650. The van der Waals surface area contributed by atoms with Gasteiger partial charge < -0.3 is 0 Å². The van der Waals surface area contributed by atoms with Gasteiger partial charge in [-0.25, -0.2) is 9.37 Å². The lowest BCUT2D eigenvalue weighted by atomic mass is 10.3. The van der Waals surface area contributed by atoms with Crippen molar-refractivity contribution in [3.8, 4) is 6.19 Å². The van der Waals surface area contributed by atoms with Crippen LogP contribution in [0.2, 0.25) is 0 Å². The first-order valence-electron chi connectivity index (χ1n) is 5.45. The summed E-state index contributed by atoms with van der Waals surface area (Å²) in [5.41, 5.74) is 0.379. The summed E-state index contributed by atoms with van der Waals surface area (Å²) in [6, 6.07) is 3.97. The van der Waals surface area contributed by atoms with Crippen LogP contribution >= 0.6 is 15.9 Å². The van der Waals surface area contributed by atoms with E-state index in [1.54, 1.807) is 0 Å². The molecular weight excluding hydrogens is 337 g/mol. The van der Waals surface area contributed by atoms with Crippen molar-refractivity contribution in [3.05, 3.63) is 46.7 Å². The number of imidazole rings is 1. The Morgan fingerprint density at radius 1 is 1.45 bits per heavy atom. The maximum atomic E-state index is 13.1. The van der Waals surface area contributed by atoms with Gasteiger partial charge in [-0.05, 0) is 34.1 Å². The zero-order chi connectivity index (χ0) is 14.7. The first-order valence-corrected chi connectivity index (χ1v) is 6.24. The average Bonchev–Trinajstić information content (AvgIpc) is 2.87. The van der Waals surface area contributed by atoms with E-state index in [9.17, 15) is 13.2 Å². The molecule has 0 saturated carbocycles. The third-order valence-electron chi connectivity index (χ3n) is 2.59. The summed E-state index contributed by atoms with van der Waals surface area (Å²) in [7, 11) is 0. The minimum Gasteiger partial charge on any atom is -0.276 e. The number of aromatic nitrogens is 2. The van der Waals surface area contributed by atoms with Gasteiger partial charge in [-0.2, -0.15) is 14.0 Å².